The zero-order valence-electron chi connectivity index (χ0n) is 16.7. The van der Waals surface area contributed by atoms with Gasteiger partial charge >= 0.3 is 0 Å². The Kier molecular flexibility index (Phi) is 6.30. The summed E-state index contributed by atoms with van der Waals surface area (Å²) in [7, 11) is 1.59. The lowest BCUT2D eigenvalue weighted by molar-refractivity contribution is -0.115. The fourth-order valence-electron chi connectivity index (χ4n) is 3.09. The van der Waals surface area contributed by atoms with Crippen molar-refractivity contribution in [3.8, 4) is 16.2 Å². The number of amides is 1. The third kappa shape index (κ3) is 4.32. The topological polar surface area (TPSA) is 64.1 Å². The van der Waals surface area contributed by atoms with E-state index < -0.39 is 0 Å². The average molecular weight is 436 g/mol. The maximum Gasteiger partial charge on any atom is 0.238 e. The molecule has 1 unspecified atom stereocenters. The van der Waals surface area contributed by atoms with E-state index in [1.807, 2.05) is 49.4 Å². The first kappa shape index (κ1) is 20.4. The number of hydrogen-bond acceptors (Lipinski definition) is 6. The van der Waals surface area contributed by atoms with Crippen molar-refractivity contribution in [3.63, 3.8) is 0 Å². The van der Waals surface area contributed by atoms with Crippen LogP contribution in [0.2, 0.25) is 0 Å². The number of aromatic nitrogens is 2. The van der Waals surface area contributed by atoms with Crippen molar-refractivity contribution in [2.75, 3.05) is 12.4 Å². The van der Waals surface area contributed by atoms with Gasteiger partial charge in [-0.3, -0.25) is 4.79 Å². The van der Waals surface area contributed by atoms with Crippen LogP contribution in [0.1, 0.15) is 13.3 Å². The van der Waals surface area contributed by atoms with Gasteiger partial charge in [0.05, 0.1) is 18.0 Å². The minimum atomic E-state index is -0.284. The fraction of sp³-hybridized carbons (Fsp3) is 0.174. The summed E-state index contributed by atoms with van der Waals surface area (Å²) in [5, 5.41) is 4.50. The normalized spacial score (nSPS) is 11.9. The first-order valence-electron chi connectivity index (χ1n) is 9.60. The Morgan fingerprint density at radius 2 is 1.90 bits per heavy atom. The highest BCUT2D eigenvalue weighted by Crippen LogP contribution is 2.38. The first-order valence-corrected chi connectivity index (χ1v) is 11.3. The molecule has 0 spiro atoms. The summed E-state index contributed by atoms with van der Waals surface area (Å²) in [5.41, 5.74) is 1.82. The van der Waals surface area contributed by atoms with Gasteiger partial charge in [-0.15, -0.1) is 11.3 Å². The number of hydrogen-bond donors (Lipinski definition) is 1. The van der Waals surface area contributed by atoms with Gasteiger partial charge < -0.3 is 10.1 Å². The number of thioether (sulfide) groups is 1. The Hall–Kier alpha value is -2.90. The van der Waals surface area contributed by atoms with E-state index in [1.54, 1.807) is 24.8 Å². The Balaban J connectivity index is 1.59. The number of fused-ring (bicyclic) bond motifs is 1. The number of carbonyl (C=O) groups excluding carboxylic acids is 1. The Bertz CT molecular complexity index is 1160. The van der Waals surface area contributed by atoms with Crippen molar-refractivity contribution in [3.05, 3.63) is 67.0 Å². The van der Waals surface area contributed by atoms with Gasteiger partial charge in [-0.25, -0.2) is 9.97 Å². The Morgan fingerprint density at radius 1 is 1.13 bits per heavy atom. The van der Waals surface area contributed by atoms with E-state index in [0.717, 1.165) is 25.7 Å². The second-order valence-corrected chi connectivity index (χ2v) is 8.80. The zero-order chi connectivity index (χ0) is 20.9. The van der Waals surface area contributed by atoms with Crippen molar-refractivity contribution in [2.24, 2.45) is 0 Å². The van der Waals surface area contributed by atoms with Gasteiger partial charge in [-0.05, 0) is 30.2 Å². The highest BCUT2D eigenvalue weighted by molar-refractivity contribution is 8.00. The number of carbonyl (C=O) groups is 1. The molecule has 2 aromatic carbocycles. The van der Waals surface area contributed by atoms with Gasteiger partial charge in [-0.2, -0.15) is 0 Å². The second kappa shape index (κ2) is 9.28. The van der Waals surface area contributed by atoms with E-state index in [1.165, 1.54) is 11.8 Å². The summed E-state index contributed by atoms with van der Waals surface area (Å²) < 4.78 is 5.34. The summed E-state index contributed by atoms with van der Waals surface area (Å²) in [6.07, 6.45) is 2.24. The lowest BCUT2D eigenvalue weighted by atomic mass is 10.2. The number of anilines is 1. The molecule has 0 fully saturated rings. The molecular weight excluding hydrogens is 414 g/mol. The summed E-state index contributed by atoms with van der Waals surface area (Å²) in [4.78, 5) is 23.9. The summed E-state index contributed by atoms with van der Waals surface area (Å²) in [6, 6.07) is 19.7. The molecule has 2 aromatic heterocycles. The SMILES string of the molecule is CCC(Sc1ncnc2sc(-c3ccccc3)cc12)C(=O)Nc1ccccc1OC. The van der Waals surface area contributed by atoms with Crippen molar-refractivity contribution in [1.82, 2.24) is 9.97 Å². The molecule has 0 saturated carbocycles. The Morgan fingerprint density at radius 3 is 2.67 bits per heavy atom. The van der Waals surface area contributed by atoms with Crippen LogP contribution in [-0.4, -0.2) is 28.2 Å². The third-order valence-corrected chi connectivity index (χ3v) is 7.11. The standard InChI is InChI=1S/C23H21N3O2S2/c1-3-19(21(27)26-17-11-7-8-12-18(17)28-2)29-22-16-13-20(15-9-5-4-6-10-15)30-23(16)25-14-24-22/h4-14,19H,3H2,1-2H3,(H,26,27). The lowest BCUT2D eigenvalue weighted by Crippen LogP contribution is -2.25. The van der Waals surface area contributed by atoms with Crippen LogP contribution in [0.3, 0.4) is 0 Å². The largest absolute Gasteiger partial charge is 0.495 e. The first-order chi connectivity index (χ1) is 14.7. The molecule has 7 heteroatoms. The molecular formula is C23H21N3O2S2. The number of ether oxygens (including phenoxy) is 1. The summed E-state index contributed by atoms with van der Waals surface area (Å²) >= 11 is 3.10. The van der Waals surface area contributed by atoms with Crippen LogP contribution in [0.4, 0.5) is 5.69 Å². The summed E-state index contributed by atoms with van der Waals surface area (Å²) in [5.74, 6) is 0.567. The molecule has 1 atom stereocenters. The number of methoxy groups -OCH3 is 1. The molecule has 5 nitrogen and oxygen atoms in total. The van der Waals surface area contributed by atoms with E-state index in [4.69, 9.17) is 4.74 Å². The van der Waals surface area contributed by atoms with Crippen LogP contribution >= 0.6 is 23.1 Å². The Labute approximate surface area is 183 Å². The van der Waals surface area contributed by atoms with E-state index in [9.17, 15) is 4.79 Å². The zero-order valence-corrected chi connectivity index (χ0v) is 18.3. The fourth-order valence-corrected chi connectivity index (χ4v) is 5.15. The maximum absolute atomic E-state index is 13.0. The predicted octanol–water partition coefficient (Wildman–Crippen LogP) is 5.88. The van der Waals surface area contributed by atoms with Crippen LogP contribution < -0.4 is 10.1 Å². The summed E-state index contributed by atoms with van der Waals surface area (Å²) in [6.45, 7) is 2.00. The minimum Gasteiger partial charge on any atom is -0.495 e. The molecule has 0 radical (unpaired) electrons. The van der Waals surface area contributed by atoms with Crippen molar-refractivity contribution in [2.45, 2.75) is 23.6 Å². The van der Waals surface area contributed by atoms with Crippen molar-refractivity contribution in [1.29, 1.82) is 0 Å². The van der Waals surface area contributed by atoms with Gasteiger partial charge in [0.25, 0.3) is 0 Å². The number of para-hydroxylation sites is 2. The van der Waals surface area contributed by atoms with Gasteiger partial charge in [-0.1, -0.05) is 61.2 Å². The second-order valence-electron chi connectivity index (χ2n) is 6.58. The highest BCUT2D eigenvalue weighted by atomic mass is 32.2. The van der Waals surface area contributed by atoms with E-state index in [-0.39, 0.29) is 11.2 Å². The van der Waals surface area contributed by atoms with Gasteiger partial charge in [0.2, 0.25) is 5.91 Å². The van der Waals surface area contributed by atoms with Crippen molar-refractivity contribution >= 4 is 44.9 Å². The van der Waals surface area contributed by atoms with Gasteiger partial charge in [0.15, 0.2) is 0 Å². The molecule has 1 N–H and O–H groups in total. The molecule has 30 heavy (non-hydrogen) atoms. The van der Waals surface area contributed by atoms with Gasteiger partial charge in [0, 0.05) is 10.3 Å². The average Bonchev–Trinajstić information content (AvgIpc) is 3.23. The molecule has 4 rings (SSSR count). The molecule has 0 saturated heterocycles. The van der Waals surface area contributed by atoms with Crippen LogP contribution in [0.15, 0.2) is 72.0 Å². The molecule has 0 bridgehead atoms. The van der Waals surface area contributed by atoms with E-state index >= 15 is 0 Å². The number of nitrogens with zero attached hydrogens (tertiary/aromatic N) is 2. The molecule has 0 aliphatic carbocycles. The van der Waals surface area contributed by atoms with Crippen LogP contribution in [0.5, 0.6) is 5.75 Å². The number of thiophene rings is 1. The molecule has 0 aliphatic heterocycles. The predicted molar refractivity (Wildman–Crippen MR) is 124 cm³/mol. The molecule has 2 heterocycles. The maximum atomic E-state index is 13.0. The van der Waals surface area contributed by atoms with E-state index in [2.05, 4.69) is 33.5 Å². The van der Waals surface area contributed by atoms with Crippen LogP contribution in [0, 0.1) is 0 Å². The number of benzene rings is 2. The number of nitrogens with one attached hydrogen (secondary N) is 1. The third-order valence-electron chi connectivity index (χ3n) is 4.63. The van der Waals surface area contributed by atoms with Crippen LogP contribution in [0.25, 0.3) is 20.7 Å². The molecule has 152 valence electrons. The lowest BCUT2D eigenvalue weighted by Gasteiger charge is -2.16. The molecule has 4 aromatic rings. The van der Waals surface area contributed by atoms with Gasteiger partial charge in [0.1, 0.15) is 21.9 Å². The van der Waals surface area contributed by atoms with Crippen LogP contribution in [-0.2, 0) is 4.79 Å². The minimum absolute atomic E-state index is 0.0720. The molecule has 1 amide bonds. The molecule has 0 aliphatic rings. The highest BCUT2D eigenvalue weighted by Gasteiger charge is 2.22. The monoisotopic (exact) mass is 435 g/mol. The number of rotatable bonds is 7. The quantitative estimate of drug-likeness (QED) is 0.290. The van der Waals surface area contributed by atoms with Crippen molar-refractivity contribution < 1.29 is 9.53 Å². The van der Waals surface area contributed by atoms with E-state index in [0.29, 0.717) is 17.9 Å². The smallest absolute Gasteiger partial charge is 0.238 e.